The van der Waals surface area contributed by atoms with E-state index < -0.39 is 0 Å². The van der Waals surface area contributed by atoms with Crippen LogP contribution in [0.25, 0.3) is 0 Å². The van der Waals surface area contributed by atoms with E-state index in [0.29, 0.717) is 11.8 Å². The molecule has 0 aliphatic heterocycles. The number of hydrogen-bond donors (Lipinski definition) is 2. The predicted molar refractivity (Wildman–Crippen MR) is 69.5 cm³/mol. The van der Waals surface area contributed by atoms with Crippen molar-refractivity contribution in [2.24, 2.45) is 11.8 Å². The molecule has 0 aromatic heterocycles. The topological polar surface area (TPSA) is 41.1 Å². The molecule has 0 aromatic carbocycles. The summed E-state index contributed by atoms with van der Waals surface area (Å²) in [7, 11) is 0. The zero-order valence-corrected chi connectivity index (χ0v) is 11.6. The van der Waals surface area contributed by atoms with Crippen LogP contribution in [0.3, 0.4) is 0 Å². The first-order chi connectivity index (χ1) is 7.31. The van der Waals surface area contributed by atoms with Gasteiger partial charge < -0.3 is 10.6 Å². The summed E-state index contributed by atoms with van der Waals surface area (Å²) in [5.41, 5.74) is 0. The standard InChI is InChI=1S/C13H28N2O/c1-9(2)7-11(5)14-13(16)15-12(6)8-10(3)4/h9-12H,7-8H2,1-6H3,(H2,14,15,16). The quantitative estimate of drug-likeness (QED) is 0.720. The van der Waals surface area contributed by atoms with Gasteiger partial charge in [0.2, 0.25) is 0 Å². The lowest BCUT2D eigenvalue weighted by Crippen LogP contribution is -2.45. The van der Waals surface area contributed by atoms with E-state index in [9.17, 15) is 4.79 Å². The molecule has 0 saturated carbocycles. The van der Waals surface area contributed by atoms with Crippen molar-refractivity contribution in [1.82, 2.24) is 10.6 Å². The highest BCUT2D eigenvalue weighted by molar-refractivity contribution is 5.74. The molecular weight excluding hydrogens is 200 g/mol. The van der Waals surface area contributed by atoms with Gasteiger partial charge in [0.15, 0.2) is 0 Å². The van der Waals surface area contributed by atoms with Crippen LogP contribution in [-0.2, 0) is 0 Å². The molecule has 96 valence electrons. The molecule has 0 saturated heterocycles. The van der Waals surface area contributed by atoms with Crippen LogP contribution in [0, 0.1) is 11.8 Å². The molecule has 0 radical (unpaired) electrons. The van der Waals surface area contributed by atoms with Crippen molar-refractivity contribution in [3.8, 4) is 0 Å². The average molecular weight is 228 g/mol. The van der Waals surface area contributed by atoms with Crippen molar-refractivity contribution >= 4 is 6.03 Å². The molecule has 2 unspecified atom stereocenters. The van der Waals surface area contributed by atoms with Gasteiger partial charge in [-0.25, -0.2) is 4.79 Å². The minimum atomic E-state index is -0.0405. The second-order valence-electron chi connectivity index (χ2n) is 5.68. The number of amides is 2. The fourth-order valence-electron chi connectivity index (χ4n) is 2.02. The van der Waals surface area contributed by atoms with E-state index in [1.807, 2.05) is 13.8 Å². The first-order valence-corrected chi connectivity index (χ1v) is 6.38. The Bertz CT molecular complexity index is 182. The van der Waals surface area contributed by atoms with Crippen LogP contribution in [0.4, 0.5) is 4.79 Å². The first-order valence-electron chi connectivity index (χ1n) is 6.38. The van der Waals surface area contributed by atoms with Gasteiger partial charge in [-0.05, 0) is 38.5 Å². The molecule has 3 nitrogen and oxygen atoms in total. The molecule has 0 aromatic rings. The highest BCUT2D eigenvalue weighted by Gasteiger charge is 2.11. The zero-order chi connectivity index (χ0) is 12.7. The van der Waals surface area contributed by atoms with Crippen molar-refractivity contribution in [1.29, 1.82) is 0 Å². The molecule has 3 heteroatoms. The van der Waals surface area contributed by atoms with Crippen molar-refractivity contribution in [3.05, 3.63) is 0 Å². The average Bonchev–Trinajstić information content (AvgIpc) is 1.97. The molecule has 0 bridgehead atoms. The van der Waals surface area contributed by atoms with Crippen LogP contribution >= 0.6 is 0 Å². The summed E-state index contributed by atoms with van der Waals surface area (Å²) in [4.78, 5) is 11.6. The third-order valence-corrected chi connectivity index (χ3v) is 2.40. The molecule has 0 aliphatic carbocycles. The number of carbonyl (C=O) groups excluding carboxylic acids is 1. The van der Waals surface area contributed by atoms with Gasteiger partial charge in [-0.15, -0.1) is 0 Å². The SMILES string of the molecule is CC(C)CC(C)NC(=O)NC(C)CC(C)C. The van der Waals surface area contributed by atoms with Gasteiger partial charge in [0, 0.05) is 12.1 Å². The van der Waals surface area contributed by atoms with E-state index in [2.05, 4.69) is 38.3 Å². The maximum absolute atomic E-state index is 11.6. The highest BCUT2D eigenvalue weighted by Crippen LogP contribution is 2.05. The molecule has 0 rings (SSSR count). The highest BCUT2D eigenvalue weighted by atomic mass is 16.2. The molecule has 0 aliphatic rings. The number of nitrogens with one attached hydrogen (secondary N) is 2. The largest absolute Gasteiger partial charge is 0.336 e. The Balaban J connectivity index is 3.80. The van der Waals surface area contributed by atoms with Gasteiger partial charge in [0.25, 0.3) is 0 Å². The second kappa shape index (κ2) is 7.53. The molecule has 0 spiro atoms. The van der Waals surface area contributed by atoms with E-state index in [1.165, 1.54) is 0 Å². The van der Waals surface area contributed by atoms with E-state index in [0.717, 1.165) is 12.8 Å². The Labute approximate surface area is 100 Å². The third kappa shape index (κ3) is 8.57. The summed E-state index contributed by atoms with van der Waals surface area (Å²) >= 11 is 0. The van der Waals surface area contributed by atoms with Crippen LogP contribution in [0.2, 0.25) is 0 Å². The number of carbonyl (C=O) groups is 1. The van der Waals surface area contributed by atoms with Crippen molar-refractivity contribution in [2.45, 2.75) is 66.5 Å². The number of rotatable bonds is 6. The van der Waals surface area contributed by atoms with Gasteiger partial charge in [-0.3, -0.25) is 0 Å². The van der Waals surface area contributed by atoms with E-state index in [4.69, 9.17) is 0 Å². The summed E-state index contributed by atoms with van der Waals surface area (Å²) in [6.45, 7) is 12.8. The van der Waals surface area contributed by atoms with Crippen LogP contribution in [0.15, 0.2) is 0 Å². The number of hydrogen-bond acceptors (Lipinski definition) is 1. The monoisotopic (exact) mass is 228 g/mol. The maximum atomic E-state index is 11.6. The zero-order valence-electron chi connectivity index (χ0n) is 11.6. The molecule has 2 N–H and O–H groups in total. The van der Waals surface area contributed by atoms with Crippen molar-refractivity contribution < 1.29 is 4.79 Å². The van der Waals surface area contributed by atoms with Crippen LogP contribution in [0.5, 0.6) is 0 Å². The first kappa shape index (κ1) is 15.3. The Morgan fingerprint density at radius 2 is 1.12 bits per heavy atom. The van der Waals surface area contributed by atoms with Crippen molar-refractivity contribution in [2.75, 3.05) is 0 Å². The molecule has 0 heterocycles. The summed E-state index contributed by atoms with van der Waals surface area (Å²) in [5.74, 6) is 1.23. The van der Waals surface area contributed by atoms with Crippen LogP contribution in [-0.4, -0.2) is 18.1 Å². The summed E-state index contributed by atoms with van der Waals surface area (Å²) in [5, 5.41) is 5.93. The van der Waals surface area contributed by atoms with Crippen molar-refractivity contribution in [3.63, 3.8) is 0 Å². The molecule has 16 heavy (non-hydrogen) atoms. The summed E-state index contributed by atoms with van der Waals surface area (Å²) < 4.78 is 0. The minimum absolute atomic E-state index is 0.0405. The predicted octanol–water partition coefficient (Wildman–Crippen LogP) is 3.15. The van der Waals surface area contributed by atoms with Gasteiger partial charge in [-0.2, -0.15) is 0 Å². The Morgan fingerprint density at radius 3 is 1.38 bits per heavy atom. The fraction of sp³-hybridized carbons (Fsp3) is 0.923. The van der Waals surface area contributed by atoms with E-state index >= 15 is 0 Å². The summed E-state index contributed by atoms with van der Waals surface area (Å²) in [6.07, 6.45) is 2.04. The molecular formula is C13H28N2O. The van der Waals surface area contributed by atoms with Gasteiger partial charge in [0.05, 0.1) is 0 Å². The Kier molecular flexibility index (Phi) is 7.18. The smallest absolute Gasteiger partial charge is 0.315 e. The molecule has 2 atom stereocenters. The minimum Gasteiger partial charge on any atom is -0.336 e. The lowest BCUT2D eigenvalue weighted by atomic mass is 10.0. The molecule has 2 amide bonds. The Hall–Kier alpha value is -0.730. The second-order valence-corrected chi connectivity index (χ2v) is 5.68. The normalized spacial score (nSPS) is 15.0. The fourth-order valence-corrected chi connectivity index (χ4v) is 2.02. The van der Waals surface area contributed by atoms with E-state index in [-0.39, 0.29) is 18.1 Å². The third-order valence-electron chi connectivity index (χ3n) is 2.40. The van der Waals surface area contributed by atoms with Crippen LogP contribution < -0.4 is 10.6 Å². The van der Waals surface area contributed by atoms with Gasteiger partial charge in [0.1, 0.15) is 0 Å². The summed E-state index contributed by atoms with van der Waals surface area (Å²) in [6, 6.07) is 0.443. The van der Waals surface area contributed by atoms with Gasteiger partial charge >= 0.3 is 6.03 Å². The molecule has 0 fully saturated rings. The number of urea groups is 1. The lowest BCUT2D eigenvalue weighted by Gasteiger charge is -2.20. The van der Waals surface area contributed by atoms with Crippen LogP contribution in [0.1, 0.15) is 54.4 Å². The lowest BCUT2D eigenvalue weighted by molar-refractivity contribution is 0.231. The Morgan fingerprint density at radius 1 is 0.812 bits per heavy atom. The van der Waals surface area contributed by atoms with Gasteiger partial charge in [-0.1, -0.05) is 27.7 Å². The van der Waals surface area contributed by atoms with E-state index in [1.54, 1.807) is 0 Å². The maximum Gasteiger partial charge on any atom is 0.315 e.